The van der Waals surface area contributed by atoms with Crippen molar-refractivity contribution >= 4 is 30.7 Å². The highest BCUT2D eigenvalue weighted by molar-refractivity contribution is 5.93. The van der Waals surface area contributed by atoms with Gasteiger partial charge in [0, 0.05) is 18.8 Å². The van der Waals surface area contributed by atoms with Gasteiger partial charge in [0.05, 0.1) is 0 Å². The lowest BCUT2D eigenvalue weighted by molar-refractivity contribution is 0.0943. The first-order valence-corrected chi connectivity index (χ1v) is 7.26. The molecule has 1 aromatic heterocycles. The average Bonchev–Trinajstić information content (AvgIpc) is 2.53. The molecule has 0 fully saturated rings. The Morgan fingerprint density at radius 3 is 2.83 bits per heavy atom. The van der Waals surface area contributed by atoms with Crippen LogP contribution < -0.4 is 10.6 Å². The SMILES string of the molecule is Cc1cccnc1C(=O)NCC1NCCc2ccccc21.Cl.Cl. The number of carbonyl (C=O) groups excluding carboxylic acids is 1. The van der Waals surface area contributed by atoms with Gasteiger partial charge in [-0.1, -0.05) is 30.3 Å². The van der Waals surface area contributed by atoms with Crippen molar-refractivity contribution in [2.45, 2.75) is 19.4 Å². The zero-order valence-electron chi connectivity index (χ0n) is 12.9. The van der Waals surface area contributed by atoms with Gasteiger partial charge in [0.1, 0.15) is 5.69 Å². The molecule has 2 heterocycles. The van der Waals surface area contributed by atoms with Crippen LogP contribution in [-0.4, -0.2) is 24.0 Å². The molecular weight excluding hydrogens is 333 g/mol. The van der Waals surface area contributed by atoms with Gasteiger partial charge in [-0.05, 0) is 42.6 Å². The number of amides is 1. The van der Waals surface area contributed by atoms with E-state index >= 15 is 0 Å². The zero-order chi connectivity index (χ0) is 14.7. The van der Waals surface area contributed by atoms with E-state index in [1.54, 1.807) is 6.20 Å². The number of aryl methyl sites for hydroxylation is 1. The Balaban J connectivity index is 0.00000132. The van der Waals surface area contributed by atoms with E-state index in [0.717, 1.165) is 18.5 Å². The molecule has 4 nitrogen and oxygen atoms in total. The second-order valence-electron chi connectivity index (χ2n) is 5.33. The van der Waals surface area contributed by atoms with Gasteiger partial charge in [-0.15, -0.1) is 24.8 Å². The number of rotatable bonds is 3. The Morgan fingerprint density at radius 2 is 2.04 bits per heavy atom. The van der Waals surface area contributed by atoms with Crippen molar-refractivity contribution in [2.75, 3.05) is 13.1 Å². The molecule has 1 aromatic carbocycles. The van der Waals surface area contributed by atoms with Crippen molar-refractivity contribution in [1.29, 1.82) is 0 Å². The summed E-state index contributed by atoms with van der Waals surface area (Å²) in [5, 5.41) is 6.45. The van der Waals surface area contributed by atoms with Crippen molar-refractivity contribution in [3.05, 3.63) is 65.0 Å². The van der Waals surface area contributed by atoms with Crippen LogP contribution in [0.5, 0.6) is 0 Å². The lowest BCUT2D eigenvalue weighted by Crippen LogP contribution is -2.39. The molecule has 2 N–H and O–H groups in total. The third-order valence-corrected chi connectivity index (χ3v) is 3.91. The number of carbonyl (C=O) groups is 1. The summed E-state index contributed by atoms with van der Waals surface area (Å²) in [6.07, 6.45) is 2.69. The van der Waals surface area contributed by atoms with Gasteiger partial charge in [0.15, 0.2) is 0 Å². The standard InChI is InChI=1S/C17H19N3O.2ClH/c1-12-5-4-9-19-16(12)17(21)20-11-15-14-7-3-2-6-13(14)8-10-18-15;;/h2-7,9,15,18H,8,10-11H2,1H3,(H,20,21);2*1H. The van der Waals surface area contributed by atoms with Gasteiger partial charge in [-0.25, -0.2) is 0 Å². The van der Waals surface area contributed by atoms with Crippen LogP contribution in [0.3, 0.4) is 0 Å². The minimum absolute atomic E-state index is 0. The van der Waals surface area contributed by atoms with Crippen LogP contribution in [0.1, 0.15) is 33.2 Å². The van der Waals surface area contributed by atoms with Gasteiger partial charge in [0.2, 0.25) is 0 Å². The summed E-state index contributed by atoms with van der Waals surface area (Å²) in [5.74, 6) is -0.113. The number of hydrogen-bond acceptors (Lipinski definition) is 3. The molecule has 1 unspecified atom stereocenters. The van der Waals surface area contributed by atoms with Gasteiger partial charge >= 0.3 is 0 Å². The minimum Gasteiger partial charge on any atom is -0.349 e. The first-order valence-electron chi connectivity index (χ1n) is 7.26. The molecule has 23 heavy (non-hydrogen) atoms. The zero-order valence-corrected chi connectivity index (χ0v) is 14.5. The molecule has 1 aliphatic rings. The fourth-order valence-electron chi connectivity index (χ4n) is 2.78. The van der Waals surface area contributed by atoms with E-state index in [9.17, 15) is 4.79 Å². The number of nitrogens with zero attached hydrogens (tertiary/aromatic N) is 1. The van der Waals surface area contributed by atoms with Gasteiger partial charge < -0.3 is 10.6 Å². The molecule has 3 rings (SSSR count). The molecule has 2 aromatic rings. The topological polar surface area (TPSA) is 54.0 Å². The smallest absolute Gasteiger partial charge is 0.270 e. The summed E-state index contributed by atoms with van der Waals surface area (Å²) in [6, 6.07) is 12.3. The number of benzene rings is 1. The lowest BCUT2D eigenvalue weighted by Gasteiger charge is -2.27. The first kappa shape index (κ1) is 19.4. The Bertz CT molecular complexity index is 664. The van der Waals surface area contributed by atoms with Gasteiger partial charge in [0.25, 0.3) is 5.91 Å². The van der Waals surface area contributed by atoms with E-state index < -0.39 is 0 Å². The number of hydrogen-bond donors (Lipinski definition) is 2. The van der Waals surface area contributed by atoms with Crippen LogP contribution in [0.2, 0.25) is 0 Å². The molecule has 1 aliphatic heterocycles. The minimum atomic E-state index is -0.113. The van der Waals surface area contributed by atoms with Crippen LogP contribution in [0.15, 0.2) is 42.6 Å². The highest BCUT2D eigenvalue weighted by Gasteiger charge is 2.20. The maximum atomic E-state index is 12.2. The highest BCUT2D eigenvalue weighted by Crippen LogP contribution is 2.21. The Kier molecular flexibility index (Phi) is 7.49. The Labute approximate surface area is 148 Å². The maximum absolute atomic E-state index is 12.2. The maximum Gasteiger partial charge on any atom is 0.270 e. The van der Waals surface area contributed by atoms with Crippen LogP contribution in [0, 0.1) is 6.92 Å². The molecule has 0 aliphatic carbocycles. The lowest BCUT2D eigenvalue weighted by atomic mass is 9.94. The number of aromatic nitrogens is 1. The van der Waals surface area contributed by atoms with Crippen LogP contribution in [0.25, 0.3) is 0 Å². The average molecular weight is 354 g/mol. The summed E-state index contributed by atoms with van der Waals surface area (Å²) in [5.41, 5.74) is 4.04. The van der Waals surface area contributed by atoms with Crippen molar-refractivity contribution < 1.29 is 4.79 Å². The second kappa shape index (κ2) is 8.87. The van der Waals surface area contributed by atoms with Crippen molar-refractivity contribution in [1.82, 2.24) is 15.6 Å². The molecule has 0 spiro atoms. The normalized spacial score (nSPS) is 15.6. The fraction of sp³-hybridized carbons (Fsp3) is 0.294. The predicted molar refractivity (Wildman–Crippen MR) is 96.7 cm³/mol. The monoisotopic (exact) mass is 353 g/mol. The summed E-state index contributed by atoms with van der Waals surface area (Å²) < 4.78 is 0. The number of pyridine rings is 1. The van der Waals surface area contributed by atoms with Crippen LogP contribution in [0.4, 0.5) is 0 Å². The molecule has 0 saturated heterocycles. The summed E-state index contributed by atoms with van der Waals surface area (Å²) in [6.45, 7) is 3.42. The summed E-state index contributed by atoms with van der Waals surface area (Å²) >= 11 is 0. The van der Waals surface area contributed by atoms with E-state index in [0.29, 0.717) is 12.2 Å². The molecule has 124 valence electrons. The number of nitrogens with one attached hydrogen (secondary N) is 2. The largest absolute Gasteiger partial charge is 0.349 e. The number of fused-ring (bicyclic) bond motifs is 1. The predicted octanol–water partition coefficient (Wildman–Crippen LogP) is 2.85. The van der Waals surface area contributed by atoms with Crippen molar-refractivity contribution in [2.24, 2.45) is 0 Å². The third-order valence-electron chi connectivity index (χ3n) is 3.91. The Hall–Kier alpha value is -1.62. The van der Waals surface area contributed by atoms with Crippen LogP contribution in [-0.2, 0) is 6.42 Å². The van der Waals surface area contributed by atoms with E-state index in [1.165, 1.54) is 11.1 Å². The summed E-state index contributed by atoms with van der Waals surface area (Å²) in [7, 11) is 0. The molecular formula is C17H21Cl2N3O. The molecule has 0 radical (unpaired) electrons. The molecule has 1 atom stereocenters. The van der Waals surface area contributed by atoms with E-state index in [1.807, 2.05) is 25.1 Å². The number of halogens is 2. The summed E-state index contributed by atoms with van der Waals surface area (Å²) in [4.78, 5) is 16.4. The van der Waals surface area contributed by atoms with E-state index in [4.69, 9.17) is 0 Å². The third kappa shape index (κ3) is 4.44. The molecule has 0 saturated carbocycles. The van der Waals surface area contributed by atoms with E-state index in [-0.39, 0.29) is 36.8 Å². The molecule has 6 heteroatoms. The highest BCUT2D eigenvalue weighted by atomic mass is 35.5. The van der Waals surface area contributed by atoms with Crippen molar-refractivity contribution in [3.63, 3.8) is 0 Å². The van der Waals surface area contributed by atoms with E-state index in [2.05, 4.69) is 33.8 Å². The second-order valence-corrected chi connectivity index (χ2v) is 5.33. The van der Waals surface area contributed by atoms with Gasteiger partial charge in [-0.2, -0.15) is 0 Å². The molecule has 0 bridgehead atoms. The quantitative estimate of drug-likeness (QED) is 0.891. The van der Waals surface area contributed by atoms with Crippen molar-refractivity contribution in [3.8, 4) is 0 Å². The fourth-order valence-corrected chi connectivity index (χ4v) is 2.78. The van der Waals surface area contributed by atoms with Gasteiger partial charge in [-0.3, -0.25) is 9.78 Å². The Morgan fingerprint density at radius 1 is 1.26 bits per heavy atom. The first-order chi connectivity index (χ1) is 10.3. The molecule has 1 amide bonds. The van der Waals surface area contributed by atoms with Crippen LogP contribution >= 0.6 is 24.8 Å².